The molecule has 0 spiro atoms. The maximum Gasteiger partial charge on any atom is 0.254 e. The van der Waals surface area contributed by atoms with Gasteiger partial charge in [0, 0.05) is 61.5 Å². The van der Waals surface area contributed by atoms with Crippen LogP contribution in [0.2, 0.25) is 0 Å². The van der Waals surface area contributed by atoms with E-state index in [1.807, 2.05) is 70.5 Å². The van der Waals surface area contributed by atoms with Crippen molar-refractivity contribution in [3.8, 4) is 0 Å². The average Bonchev–Trinajstić information content (AvgIpc) is 3.16. The van der Waals surface area contributed by atoms with Gasteiger partial charge in [-0.05, 0) is 35.4 Å². The van der Waals surface area contributed by atoms with Crippen molar-refractivity contribution < 1.29 is 9.59 Å². The molecule has 5 heteroatoms. The van der Waals surface area contributed by atoms with E-state index in [1.54, 1.807) is 0 Å². The van der Waals surface area contributed by atoms with Crippen LogP contribution in [0, 0.1) is 0 Å². The van der Waals surface area contributed by atoms with Crippen LogP contribution in [0.3, 0.4) is 0 Å². The average molecular weight is 385 g/mol. The monoisotopic (exact) mass is 385 g/mol. The summed E-state index contributed by atoms with van der Waals surface area (Å²) in [6.07, 6.45) is 1.65. The molecule has 146 valence electrons. The highest BCUT2D eigenvalue weighted by molar-refractivity contribution is 5.95. The molecule has 0 bridgehead atoms. The van der Waals surface area contributed by atoms with Crippen molar-refractivity contribution >= 4 is 11.8 Å². The summed E-state index contributed by atoms with van der Waals surface area (Å²) in [5.41, 5.74) is 6.28. The van der Waals surface area contributed by atoms with Gasteiger partial charge in [0.05, 0.1) is 0 Å². The van der Waals surface area contributed by atoms with E-state index in [0.29, 0.717) is 26.2 Å². The molecular weight excluding hydrogens is 362 g/mol. The van der Waals surface area contributed by atoms with Gasteiger partial charge in [0.25, 0.3) is 11.8 Å². The smallest absolute Gasteiger partial charge is 0.254 e. The Hall–Kier alpha value is -3.34. The lowest BCUT2D eigenvalue weighted by Crippen LogP contribution is -2.38. The Labute approximate surface area is 170 Å². The first-order chi connectivity index (χ1) is 14.2. The number of aromatic amines is 1. The van der Waals surface area contributed by atoms with E-state index in [-0.39, 0.29) is 11.8 Å². The summed E-state index contributed by atoms with van der Waals surface area (Å²) < 4.78 is 0. The van der Waals surface area contributed by atoms with Gasteiger partial charge in [-0.1, -0.05) is 36.4 Å². The SMILES string of the molecule is O=C(c1ccccc1)N1CCc2[nH]c3c(c2C1)CN(C(=O)c1ccccc1)CC3. The highest BCUT2D eigenvalue weighted by Crippen LogP contribution is 2.31. The lowest BCUT2D eigenvalue weighted by Gasteiger charge is -2.30. The van der Waals surface area contributed by atoms with Crippen LogP contribution < -0.4 is 0 Å². The first kappa shape index (κ1) is 17.7. The van der Waals surface area contributed by atoms with Crippen LogP contribution in [-0.2, 0) is 25.9 Å². The van der Waals surface area contributed by atoms with E-state index < -0.39 is 0 Å². The fourth-order valence-corrected chi connectivity index (χ4v) is 4.41. The maximum atomic E-state index is 12.9. The van der Waals surface area contributed by atoms with E-state index >= 15 is 0 Å². The quantitative estimate of drug-likeness (QED) is 0.735. The largest absolute Gasteiger partial charge is 0.362 e. The van der Waals surface area contributed by atoms with E-state index in [0.717, 1.165) is 24.0 Å². The van der Waals surface area contributed by atoms with Crippen molar-refractivity contribution in [3.63, 3.8) is 0 Å². The molecule has 3 aromatic rings. The van der Waals surface area contributed by atoms with E-state index in [1.165, 1.54) is 22.5 Å². The molecule has 29 heavy (non-hydrogen) atoms. The minimum atomic E-state index is 0.0687. The molecule has 2 aliphatic rings. The van der Waals surface area contributed by atoms with Gasteiger partial charge < -0.3 is 14.8 Å². The Kier molecular flexibility index (Phi) is 4.43. The third-order valence-electron chi connectivity index (χ3n) is 5.97. The van der Waals surface area contributed by atoms with Crippen LogP contribution in [0.25, 0.3) is 0 Å². The van der Waals surface area contributed by atoms with Crippen LogP contribution >= 0.6 is 0 Å². The van der Waals surface area contributed by atoms with Crippen LogP contribution in [0.4, 0.5) is 0 Å². The normalized spacial score (nSPS) is 15.6. The Morgan fingerprint density at radius 1 is 0.655 bits per heavy atom. The predicted octanol–water partition coefficient (Wildman–Crippen LogP) is 3.41. The number of benzene rings is 2. The van der Waals surface area contributed by atoms with Crippen molar-refractivity contribution in [1.29, 1.82) is 0 Å². The molecule has 0 aliphatic carbocycles. The second-order valence-corrected chi connectivity index (χ2v) is 7.72. The van der Waals surface area contributed by atoms with Gasteiger partial charge in [-0.3, -0.25) is 9.59 Å². The molecule has 0 atom stereocenters. The summed E-state index contributed by atoms with van der Waals surface area (Å²) in [5.74, 6) is 0.137. The van der Waals surface area contributed by atoms with Crippen LogP contribution in [0.5, 0.6) is 0 Å². The Bertz CT molecular complexity index is 972. The first-order valence-electron chi connectivity index (χ1n) is 10.1. The van der Waals surface area contributed by atoms with Crippen LogP contribution in [-0.4, -0.2) is 39.7 Å². The summed E-state index contributed by atoms with van der Waals surface area (Å²) in [6.45, 7) is 2.63. The molecule has 5 nitrogen and oxygen atoms in total. The molecule has 0 unspecified atom stereocenters. The number of H-pyrrole nitrogens is 1. The van der Waals surface area contributed by atoms with E-state index in [4.69, 9.17) is 0 Å². The lowest BCUT2D eigenvalue weighted by molar-refractivity contribution is 0.0714. The minimum absolute atomic E-state index is 0.0687. The molecule has 5 rings (SSSR count). The molecule has 1 N–H and O–H groups in total. The van der Waals surface area contributed by atoms with Gasteiger partial charge >= 0.3 is 0 Å². The topological polar surface area (TPSA) is 56.4 Å². The van der Waals surface area contributed by atoms with Gasteiger partial charge in [0.2, 0.25) is 0 Å². The predicted molar refractivity (Wildman–Crippen MR) is 111 cm³/mol. The Morgan fingerprint density at radius 3 is 1.48 bits per heavy atom. The van der Waals surface area contributed by atoms with E-state index in [2.05, 4.69) is 4.98 Å². The van der Waals surface area contributed by atoms with Crippen molar-refractivity contribution in [2.45, 2.75) is 25.9 Å². The molecular formula is C24H23N3O2. The molecule has 0 fully saturated rings. The number of hydrogen-bond acceptors (Lipinski definition) is 2. The molecule has 1 aromatic heterocycles. The lowest BCUT2D eigenvalue weighted by atomic mass is 9.98. The number of aromatic nitrogens is 1. The minimum Gasteiger partial charge on any atom is -0.362 e. The van der Waals surface area contributed by atoms with Crippen molar-refractivity contribution in [3.05, 3.63) is 94.3 Å². The highest BCUT2D eigenvalue weighted by atomic mass is 16.2. The summed E-state index contributed by atoms with van der Waals surface area (Å²) in [4.78, 5) is 33.2. The van der Waals surface area contributed by atoms with Gasteiger partial charge in [-0.25, -0.2) is 0 Å². The number of nitrogens with zero attached hydrogens (tertiary/aromatic N) is 2. The zero-order chi connectivity index (χ0) is 19.8. The van der Waals surface area contributed by atoms with Crippen molar-refractivity contribution in [2.75, 3.05) is 13.1 Å². The number of nitrogens with one attached hydrogen (secondary N) is 1. The number of carbonyl (C=O) groups excluding carboxylic acids is 2. The standard InChI is InChI=1S/C24H23N3O2/c28-23(17-7-3-1-4-8-17)26-13-11-21-19(15-26)20-16-27(14-12-22(20)25-21)24(29)18-9-5-2-6-10-18/h1-10,25H,11-16H2. The Morgan fingerprint density at radius 2 is 1.07 bits per heavy atom. The van der Waals surface area contributed by atoms with Crippen molar-refractivity contribution in [2.24, 2.45) is 0 Å². The number of amides is 2. The second kappa shape index (κ2) is 7.24. The van der Waals surface area contributed by atoms with E-state index in [9.17, 15) is 9.59 Å². The number of carbonyl (C=O) groups is 2. The first-order valence-corrected chi connectivity index (χ1v) is 10.1. The third-order valence-corrected chi connectivity index (χ3v) is 5.97. The second-order valence-electron chi connectivity index (χ2n) is 7.72. The fraction of sp³-hybridized carbons (Fsp3) is 0.250. The molecule has 0 radical (unpaired) electrons. The summed E-state index contributed by atoms with van der Waals surface area (Å²) in [5, 5.41) is 0. The van der Waals surface area contributed by atoms with Gasteiger partial charge in [0.15, 0.2) is 0 Å². The van der Waals surface area contributed by atoms with Gasteiger partial charge in [0.1, 0.15) is 0 Å². The maximum absolute atomic E-state index is 12.9. The molecule has 0 saturated carbocycles. The molecule has 2 aliphatic heterocycles. The number of rotatable bonds is 2. The summed E-state index contributed by atoms with van der Waals surface area (Å²) >= 11 is 0. The van der Waals surface area contributed by atoms with Gasteiger partial charge in [-0.15, -0.1) is 0 Å². The Balaban J connectivity index is 1.39. The highest BCUT2D eigenvalue weighted by Gasteiger charge is 2.31. The van der Waals surface area contributed by atoms with Gasteiger partial charge in [-0.2, -0.15) is 0 Å². The van der Waals surface area contributed by atoms with Crippen LogP contribution in [0.15, 0.2) is 60.7 Å². The number of fused-ring (bicyclic) bond motifs is 3. The van der Waals surface area contributed by atoms with Crippen molar-refractivity contribution in [1.82, 2.24) is 14.8 Å². The molecule has 2 amide bonds. The zero-order valence-electron chi connectivity index (χ0n) is 16.2. The molecule has 2 aromatic carbocycles. The summed E-state index contributed by atoms with van der Waals surface area (Å²) in [6, 6.07) is 18.9. The molecule has 0 saturated heterocycles. The molecule has 3 heterocycles. The van der Waals surface area contributed by atoms with Crippen LogP contribution in [0.1, 0.15) is 43.2 Å². The third kappa shape index (κ3) is 3.23. The number of hydrogen-bond donors (Lipinski definition) is 1. The fourth-order valence-electron chi connectivity index (χ4n) is 4.41. The summed E-state index contributed by atoms with van der Waals surface area (Å²) in [7, 11) is 0. The zero-order valence-corrected chi connectivity index (χ0v) is 16.2.